The number of para-hydroxylation sites is 1. The van der Waals surface area contributed by atoms with Gasteiger partial charge in [0, 0.05) is 11.6 Å². The Kier molecular flexibility index (Phi) is 5.42. The number of carbonyl (C=O) groups is 1. The largest absolute Gasteiger partial charge is 0.493 e. The van der Waals surface area contributed by atoms with E-state index < -0.39 is 18.6 Å². The van der Waals surface area contributed by atoms with E-state index in [1.165, 1.54) is 20.3 Å². The van der Waals surface area contributed by atoms with Crippen molar-refractivity contribution in [2.45, 2.75) is 6.18 Å². The van der Waals surface area contributed by atoms with E-state index in [1.54, 1.807) is 23.5 Å². The van der Waals surface area contributed by atoms with Crippen LogP contribution in [0.5, 0.6) is 11.5 Å². The van der Waals surface area contributed by atoms with Gasteiger partial charge in [-0.2, -0.15) is 13.2 Å². The van der Waals surface area contributed by atoms with Gasteiger partial charge in [0.1, 0.15) is 6.54 Å². The molecule has 1 rings (SSSR count). The minimum Gasteiger partial charge on any atom is -0.493 e. The molecule has 0 unspecified atom stereocenters. The molecule has 4 nitrogen and oxygen atoms in total. The van der Waals surface area contributed by atoms with Crippen LogP contribution < -0.4 is 14.8 Å². The number of hydrogen-bond donors (Lipinski definition) is 1. The van der Waals surface area contributed by atoms with Crippen molar-refractivity contribution in [3.63, 3.8) is 0 Å². The molecule has 1 aromatic carbocycles. The molecular formula is C13H14F3NO3. The number of halogens is 3. The highest BCUT2D eigenvalue weighted by Gasteiger charge is 2.27. The normalized spacial score (nSPS) is 11.4. The van der Waals surface area contributed by atoms with E-state index in [1.807, 2.05) is 0 Å². The van der Waals surface area contributed by atoms with Gasteiger partial charge in [0.25, 0.3) is 0 Å². The smallest absolute Gasteiger partial charge is 0.405 e. The second-order valence-electron chi connectivity index (χ2n) is 3.75. The van der Waals surface area contributed by atoms with Crippen molar-refractivity contribution in [2.24, 2.45) is 0 Å². The second kappa shape index (κ2) is 6.83. The van der Waals surface area contributed by atoms with Gasteiger partial charge in [0.2, 0.25) is 5.91 Å². The zero-order valence-electron chi connectivity index (χ0n) is 11.0. The molecule has 1 amide bonds. The predicted molar refractivity (Wildman–Crippen MR) is 67.6 cm³/mol. The first-order chi connectivity index (χ1) is 9.37. The highest BCUT2D eigenvalue weighted by Crippen LogP contribution is 2.31. The molecule has 7 heteroatoms. The molecular weight excluding hydrogens is 275 g/mol. The fourth-order valence-electron chi connectivity index (χ4n) is 1.45. The Hall–Kier alpha value is -2.18. The summed E-state index contributed by atoms with van der Waals surface area (Å²) in [5, 5.41) is 1.74. The fraction of sp³-hybridized carbons (Fsp3) is 0.308. The predicted octanol–water partition coefficient (Wildman–Crippen LogP) is 2.40. The average molecular weight is 289 g/mol. The fourth-order valence-corrected chi connectivity index (χ4v) is 1.45. The number of amides is 1. The van der Waals surface area contributed by atoms with Crippen molar-refractivity contribution < 1.29 is 27.4 Å². The van der Waals surface area contributed by atoms with Crippen molar-refractivity contribution in [1.29, 1.82) is 0 Å². The zero-order chi connectivity index (χ0) is 15.2. The highest BCUT2D eigenvalue weighted by molar-refractivity contribution is 5.92. The Morgan fingerprint density at radius 1 is 1.30 bits per heavy atom. The van der Waals surface area contributed by atoms with Crippen LogP contribution in [0.15, 0.2) is 24.3 Å². The Labute approximate surface area is 114 Å². The van der Waals surface area contributed by atoms with Gasteiger partial charge < -0.3 is 14.8 Å². The van der Waals surface area contributed by atoms with Gasteiger partial charge in [-0.05, 0) is 12.1 Å². The van der Waals surface area contributed by atoms with E-state index in [2.05, 4.69) is 0 Å². The first-order valence-electron chi connectivity index (χ1n) is 5.61. The Morgan fingerprint density at radius 3 is 2.55 bits per heavy atom. The van der Waals surface area contributed by atoms with Crippen LogP contribution in [0.1, 0.15) is 5.56 Å². The molecule has 0 bridgehead atoms. The number of methoxy groups -OCH3 is 2. The molecule has 0 aromatic heterocycles. The molecule has 1 N–H and O–H groups in total. The monoisotopic (exact) mass is 289 g/mol. The van der Waals surface area contributed by atoms with Crippen LogP contribution in [0.3, 0.4) is 0 Å². The van der Waals surface area contributed by atoms with E-state index in [-0.39, 0.29) is 0 Å². The number of ether oxygens (including phenoxy) is 2. The standard InChI is InChI=1S/C13H14F3NO3/c1-19-10-5-3-4-9(12(10)20-2)6-7-11(18)17-8-13(14,15)16/h3-7H,8H2,1-2H3,(H,17,18)/b7-6+. The summed E-state index contributed by atoms with van der Waals surface area (Å²) in [6.07, 6.45) is -2.08. The van der Waals surface area contributed by atoms with Gasteiger partial charge in [-0.25, -0.2) is 0 Å². The van der Waals surface area contributed by atoms with Crippen molar-refractivity contribution in [3.8, 4) is 11.5 Å². The average Bonchev–Trinajstić information content (AvgIpc) is 2.41. The van der Waals surface area contributed by atoms with Crippen molar-refractivity contribution in [1.82, 2.24) is 5.32 Å². The van der Waals surface area contributed by atoms with Crippen LogP contribution in [0.2, 0.25) is 0 Å². The van der Waals surface area contributed by atoms with Gasteiger partial charge >= 0.3 is 6.18 Å². The third kappa shape index (κ3) is 4.83. The van der Waals surface area contributed by atoms with Gasteiger partial charge in [0.15, 0.2) is 11.5 Å². The molecule has 0 saturated carbocycles. The van der Waals surface area contributed by atoms with E-state index >= 15 is 0 Å². The molecule has 1 aromatic rings. The molecule has 0 aliphatic rings. The van der Waals surface area contributed by atoms with Crippen LogP contribution in [0, 0.1) is 0 Å². The number of alkyl halides is 3. The van der Waals surface area contributed by atoms with Gasteiger partial charge in [0.05, 0.1) is 14.2 Å². The minimum atomic E-state index is -4.43. The van der Waals surface area contributed by atoms with Gasteiger partial charge in [-0.3, -0.25) is 4.79 Å². The first-order valence-corrected chi connectivity index (χ1v) is 5.61. The first kappa shape index (κ1) is 15.9. The molecule has 0 heterocycles. The van der Waals surface area contributed by atoms with E-state index in [0.29, 0.717) is 17.1 Å². The van der Waals surface area contributed by atoms with E-state index in [0.717, 1.165) is 6.08 Å². The second-order valence-corrected chi connectivity index (χ2v) is 3.75. The summed E-state index contributed by atoms with van der Waals surface area (Å²) in [5.41, 5.74) is 0.522. The third-order valence-corrected chi connectivity index (χ3v) is 2.31. The lowest BCUT2D eigenvalue weighted by molar-refractivity contribution is -0.135. The lowest BCUT2D eigenvalue weighted by Gasteiger charge is -2.10. The maximum atomic E-state index is 11.9. The molecule has 0 saturated heterocycles. The lowest BCUT2D eigenvalue weighted by atomic mass is 10.1. The van der Waals surface area contributed by atoms with Crippen molar-refractivity contribution in [3.05, 3.63) is 29.8 Å². The Morgan fingerprint density at radius 2 is 2.00 bits per heavy atom. The molecule has 0 fully saturated rings. The maximum absolute atomic E-state index is 11.9. The lowest BCUT2D eigenvalue weighted by Crippen LogP contribution is -2.32. The molecule has 0 atom stereocenters. The maximum Gasteiger partial charge on any atom is 0.405 e. The highest BCUT2D eigenvalue weighted by atomic mass is 19.4. The third-order valence-electron chi connectivity index (χ3n) is 2.31. The van der Waals surface area contributed by atoms with E-state index in [9.17, 15) is 18.0 Å². The van der Waals surface area contributed by atoms with Crippen molar-refractivity contribution in [2.75, 3.05) is 20.8 Å². The topological polar surface area (TPSA) is 47.6 Å². The summed E-state index contributed by atoms with van der Waals surface area (Å²) < 4.78 is 46.0. The number of carbonyl (C=O) groups excluding carboxylic acids is 1. The number of benzene rings is 1. The molecule has 110 valence electrons. The Balaban J connectivity index is 2.77. The summed E-state index contributed by atoms with van der Waals surface area (Å²) >= 11 is 0. The summed E-state index contributed by atoms with van der Waals surface area (Å²) in [7, 11) is 2.89. The quantitative estimate of drug-likeness (QED) is 0.847. The zero-order valence-corrected chi connectivity index (χ0v) is 11.0. The van der Waals surface area contributed by atoms with Crippen LogP contribution in [-0.4, -0.2) is 32.8 Å². The molecule has 0 radical (unpaired) electrons. The van der Waals surface area contributed by atoms with Crippen molar-refractivity contribution >= 4 is 12.0 Å². The summed E-state index contributed by atoms with van der Waals surface area (Å²) in [6, 6.07) is 4.99. The summed E-state index contributed by atoms with van der Waals surface area (Å²) in [6.45, 7) is -1.37. The summed E-state index contributed by atoms with van der Waals surface area (Å²) in [4.78, 5) is 11.2. The molecule has 0 aliphatic carbocycles. The van der Waals surface area contributed by atoms with Gasteiger partial charge in [-0.1, -0.05) is 12.1 Å². The molecule has 0 spiro atoms. The van der Waals surface area contributed by atoms with Crippen LogP contribution >= 0.6 is 0 Å². The van der Waals surface area contributed by atoms with E-state index in [4.69, 9.17) is 9.47 Å². The minimum absolute atomic E-state index is 0.398. The SMILES string of the molecule is COc1cccc(/C=C/C(=O)NCC(F)(F)F)c1OC. The van der Waals surface area contributed by atoms with Gasteiger partial charge in [-0.15, -0.1) is 0 Å². The van der Waals surface area contributed by atoms with Crippen LogP contribution in [-0.2, 0) is 4.79 Å². The Bertz CT molecular complexity index is 498. The molecule has 20 heavy (non-hydrogen) atoms. The van der Waals surface area contributed by atoms with Crippen LogP contribution in [0.4, 0.5) is 13.2 Å². The van der Waals surface area contributed by atoms with Crippen LogP contribution in [0.25, 0.3) is 6.08 Å². The summed E-state index contributed by atoms with van der Waals surface area (Å²) in [5.74, 6) is 0.0208. The number of hydrogen-bond acceptors (Lipinski definition) is 3. The number of rotatable bonds is 5. The molecule has 0 aliphatic heterocycles. The number of nitrogens with one attached hydrogen (secondary N) is 1.